The molecular formula is C28H38O3Si. The van der Waals surface area contributed by atoms with Crippen LogP contribution in [-0.2, 0) is 22.2 Å². The van der Waals surface area contributed by atoms with E-state index >= 15 is 0 Å². The fourth-order valence-electron chi connectivity index (χ4n) is 4.27. The Morgan fingerprint density at radius 3 is 2.22 bits per heavy atom. The van der Waals surface area contributed by atoms with Crippen LogP contribution in [0.4, 0.5) is 0 Å². The molecule has 3 rings (SSSR count). The third-order valence-corrected chi connectivity index (χ3v) is 6.71. The van der Waals surface area contributed by atoms with Gasteiger partial charge in [-0.1, -0.05) is 93.6 Å². The van der Waals surface area contributed by atoms with Gasteiger partial charge in [0.15, 0.2) is 9.04 Å². The van der Waals surface area contributed by atoms with Gasteiger partial charge in [-0.15, -0.1) is 0 Å². The maximum absolute atomic E-state index is 11.6. The molecule has 0 saturated heterocycles. The molecule has 0 saturated carbocycles. The summed E-state index contributed by atoms with van der Waals surface area (Å²) < 4.78 is 12.5. The molecule has 0 spiro atoms. The molecule has 0 aliphatic carbocycles. The van der Waals surface area contributed by atoms with Crippen LogP contribution in [0.1, 0.15) is 31.9 Å². The van der Waals surface area contributed by atoms with Gasteiger partial charge in [-0.3, -0.25) is 0 Å². The maximum Gasteiger partial charge on any atom is 0.171 e. The van der Waals surface area contributed by atoms with E-state index in [1.807, 2.05) is 18.2 Å². The Hall–Kier alpha value is -1.98. The smallest absolute Gasteiger partial charge is 0.171 e. The fourth-order valence-corrected chi connectivity index (χ4v) is 5.43. The Morgan fingerprint density at radius 2 is 1.53 bits per heavy atom. The van der Waals surface area contributed by atoms with Gasteiger partial charge >= 0.3 is 0 Å². The van der Waals surface area contributed by atoms with E-state index in [1.54, 1.807) is 0 Å². The largest absolute Gasteiger partial charge is 0.415 e. The van der Waals surface area contributed by atoms with Crippen LogP contribution in [0.5, 0.6) is 0 Å². The predicted molar refractivity (Wildman–Crippen MR) is 136 cm³/mol. The Kier molecular flexibility index (Phi) is 8.66. The van der Waals surface area contributed by atoms with Crippen LogP contribution in [-0.4, -0.2) is 33.0 Å². The number of fused-ring (bicyclic) bond motifs is 1. The highest BCUT2D eigenvalue weighted by atomic mass is 28.3. The highest BCUT2D eigenvalue weighted by Crippen LogP contribution is 2.31. The van der Waals surface area contributed by atoms with Gasteiger partial charge in [0.25, 0.3) is 0 Å². The summed E-state index contributed by atoms with van der Waals surface area (Å²) in [5, 5.41) is 14.1. The average Bonchev–Trinajstić information content (AvgIpc) is 2.76. The number of rotatable bonds is 10. The third kappa shape index (κ3) is 6.76. The minimum absolute atomic E-state index is 0.0681. The van der Waals surface area contributed by atoms with Crippen molar-refractivity contribution in [2.45, 2.75) is 59.1 Å². The van der Waals surface area contributed by atoms with Crippen LogP contribution in [0.15, 0.2) is 72.8 Å². The van der Waals surface area contributed by atoms with E-state index in [2.05, 4.69) is 88.5 Å². The molecule has 3 aromatic carbocycles. The zero-order valence-corrected chi connectivity index (χ0v) is 21.3. The maximum atomic E-state index is 11.6. The summed E-state index contributed by atoms with van der Waals surface area (Å²) in [6.07, 6.45) is -0.0958. The van der Waals surface area contributed by atoms with Crippen molar-refractivity contribution in [3.05, 3.63) is 83.9 Å². The zero-order chi connectivity index (χ0) is 23.1. The standard InChI is InChI=1S/C28H38O3Si/c1-28(2,3)27(31-32(4)5)26(29)24(20-30-19-21-12-7-6-8-13-21)18-23-16-11-15-22-14-9-10-17-25(22)23/h6-17,24,26-27,29,32H,18-20H2,1-5H3/t24-,26-,27?/m1/s1. The van der Waals surface area contributed by atoms with Crippen LogP contribution in [0, 0.1) is 11.3 Å². The molecule has 0 amide bonds. The van der Waals surface area contributed by atoms with E-state index in [1.165, 1.54) is 16.3 Å². The lowest BCUT2D eigenvalue weighted by molar-refractivity contribution is -0.0762. The van der Waals surface area contributed by atoms with Crippen molar-refractivity contribution < 1.29 is 14.3 Å². The van der Waals surface area contributed by atoms with Gasteiger partial charge in [-0.2, -0.15) is 0 Å². The molecule has 32 heavy (non-hydrogen) atoms. The monoisotopic (exact) mass is 450 g/mol. The van der Waals surface area contributed by atoms with Gasteiger partial charge in [0.1, 0.15) is 0 Å². The summed E-state index contributed by atoms with van der Waals surface area (Å²) in [6.45, 7) is 11.8. The molecule has 1 N–H and O–H groups in total. The van der Waals surface area contributed by atoms with Gasteiger partial charge in [0.2, 0.25) is 0 Å². The average molecular weight is 451 g/mol. The van der Waals surface area contributed by atoms with Gasteiger partial charge < -0.3 is 14.3 Å². The first-order valence-electron chi connectivity index (χ1n) is 11.7. The Labute approximate surface area is 195 Å². The van der Waals surface area contributed by atoms with Gasteiger partial charge in [-0.05, 0) is 46.8 Å². The van der Waals surface area contributed by atoms with Crippen LogP contribution in [0.2, 0.25) is 13.1 Å². The number of aliphatic hydroxyl groups excluding tert-OH is 1. The molecule has 0 heterocycles. The van der Waals surface area contributed by atoms with Gasteiger partial charge in [0, 0.05) is 5.92 Å². The highest BCUT2D eigenvalue weighted by Gasteiger charge is 2.37. The Balaban J connectivity index is 1.85. The van der Waals surface area contributed by atoms with Crippen molar-refractivity contribution in [2.24, 2.45) is 11.3 Å². The van der Waals surface area contributed by atoms with E-state index in [9.17, 15) is 5.11 Å². The summed E-state index contributed by atoms with van der Waals surface area (Å²) >= 11 is 0. The normalized spacial score (nSPS) is 15.1. The number of ether oxygens (including phenoxy) is 1. The number of benzene rings is 3. The molecule has 0 radical (unpaired) electrons. The molecule has 4 heteroatoms. The summed E-state index contributed by atoms with van der Waals surface area (Å²) in [4.78, 5) is 0. The second-order valence-electron chi connectivity index (χ2n) is 10.1. The van der Waals surface area contributed by atoms with Crippen molar-refractivity contribution >= 4 is 19.8 Å². The quantitative estimate of drug-likeness (QED) is 0.386. The third-order valence-electron chi connectivity index (χ3n) is 5.87. The lowest BCUT2D eigenvalue weighted by Crippen LogP contribution is -2.47. The molecule has 3 atom stereocenters. The van der Waals surface area contributed by atoms with Crippen molar-refractivity contribution in [1.82, 2.24) is 0 Å². The topological polar surface area (TPSA) is 38.7 Å². The van der Waals surface area contributed by atoms with E-state index in [0.717, 1.165) is 12.0 Å². The molecule has 172 valence electrons. The molecule has 1 unspecified atom stereocenters. The van der Waals surface area contributed by atoms with Gasteiger partial charge in [0.05, 0.1) is 25.4 Å². The first-order chi connectivity index (χ1) is 15.3. The molecule has 0 fully saturated rings. The summed E-state index contributed by atoms with van der Waals surface area (Å²) in [7, 11) is -1.33. The molecule has 3 nitrogen and oxygen atoms in total. The molecule has 0 aromatic heterocycles. The van der Waals surface area contributed by atoms with Gasteiger partial charge in [-0.25, -0.2) is 0 Å². The number of aliphatic hydroxyl groups is 1. The lowest BCUT2D eigenvalue weighted by Gasteiger charge is -2.39. The highest BCUT2D eigenvalue weighted by molar-refractivity contribution is 6.48. The number of hydrogen-bond acceptors (Lipinski definition) is 3. The molecule has 3 aromatic rings. The first kappa shape index (κ1) is 24.7. The van der Waals surface area contributed by atoms with E-state index in [4.69, 9.17) is 9.16 Å². The van der Waals surface area contributed by atoms with Crippen molar-refractivity contribution in [3.8, 4) is 0 Å². The van der Waals surface area contributed by atoms with Crippen molar-refractivity contribution in [3.63, 3.8) is 0 Å². The molecule has 0 aliphatic rings. The summed E-state index contributed by atoms with van der Waals surface area (Å²) in [6, 6.07) is 25.1. The first-order valence-corrected chi connectivity index (χ1v) is 14.5. The summed E-state index contributed by atoms with van der Waals surface area (Å²) in [5.41, 5.74) is 2.22. The molecule has 0 aliphatic heterocycles. The molecule has 0 bridgehead atoms. The van der Waals surface area contributed by atoms with Crippen LogP contribution in [0.25, 0.3) is 10.8 Å². The van der Waals surface area contributed by atoms with E-state index < -0.39 is 15.1 Å². The second-order valence-corrected chi connectivity index (χ2v) is 12.4. The zero-order valence-electron chi connectivity index (χ0n) is 20.1. The summed E-state index contributed by atoms with van der Waals surface area (Å²) in [5.74, 6) is -0.0681. The van der Waals surface area contributed by atoms with Crippen LogP contribution < -0.4 is 0 Å². The van der Waals surface area contributed by atoms with Crippen LogP contribution in [0.3, 0.4) is 0 Å². The minimum Gasteiger partial charge on any atom is -0.415 e. The lowest BCUT2D eigenvalue weighted by atomic mass is 9.79. The number of hydrogen-bond donors (Lipinski definition) is 1. The minimum atomic E-state index is -1.33. The van der Waals surface area contributed by atoms with Crippen molar-refractivity contribution in [1.29, 1.82) is 0 Å². The SMILES string of the molecule is C[SiH](C)OC([C@H](O)[C@@H](COCc1ccccc1)Cc1cccc2ccccc12)C(C)(C)C. The van der Waals surface area contributed by atoms with Crippen LogP contribution >= 0.6 is 0 Å². The van der Waals surface area contributed by atoms with E-state index in [-0.39, 0.29) is 17.4 Å². The fraction of sp³-hybridized carbons (Fsp3) is 0.429. The predicted octanol–water partition coefficient (Wildman–Crippen LogP) is 5.99. The van der Waals surface area contributed by atoms with Crippen molar-refractivity contribution in [2.75, 3.05) is 6.61 Å². The second kappa shape index (κ2) is 11.2. The Bertz CT molecular complexity index is 960. The van der Waals surface area contributed by atoms with E-state index in [0.29, 0.717) is 13.2 Å². The Morgan fingerprint density at radius 1 is 0.875 bits per heavy atom. The molecular weight excluding hydrogens is 412 g/mol.